The zero-order valence-electron chi connectivity index (χ0n) is 39.1. The van der Waals surface area contributed by atoms with Gasteiger partial charge in [0, 0.05) is 26.4 Å². The van der Waals surface area contributed by atoms with E-state index in [1.54, 1.807) is 7.05 Å². The largest absolute Gasteiger partial charge is 0.466 e. The summed E-state index contributed by atoms with van der Waals surface area (Å²) in [4.78, 5) is 51.1. The predicted molar refractivity (Wildman–Crippen MR) is 251 cm³/mol. The molecule has 1 rings (SSSR count). The van der Waals surface area contributed by atoms with Crippen molar-refractivity contribution in [2.45, 2.75) is 245 Å². The van der Waals surface area contributed by atoms with Crippen molar-refractivity contribution in [3.05, 3.63) is 20.4 Å². The molecule has 0 atom stereocenters. The molecule has 0 saturated carbocycles. The summed E-state index contributed by atoms with van der Waals surface area (Å²) in [5.41, 5.74) is -0.0329. The molecule has 0 aliphatic rings. The molecule has 9 heteroatoms. The van der Waals surface area contributed by atoms with Gasteiger partial charge in [0.25, 0.3) is 10.9 Å². The second kappa shape index (κ2) is 39.7. The van der Waals surface area contributed by atoms with Gasteiger partial charge in [0.15, 0.2) is 0 Å². The van der Waals surface area contributed by atoms with Crippen LogP contribution in [0.2, 0.25) is 0 Å². The normalized spacial score (nSPS) is 11.6. The highest BCUT2D eigenvalue weighted by Crippen LogP contribution is 2.19. The predicted octanol–water partition coefficient (Wildman–Crippen LogP) is 12.8. The van der Waals surface area contributed by atoms with Crippen LogP contribution in [0.4, 0.5) is 11.4 Å². The SMILES string of the molecule is CCCCCCCCOC(=O)CCCCCCCN(CCCCCCCC(=O)OC(CCCCCCCC)CCCCCCCC)CCCCNc1c(NC)c(=O)c1=O. The van der Waals surface area contributed by atoms with E-state index in [-0.39, 0.29) is 18.0 Å². The van der Waals surface area contributed by atoms with Crippen LogP contribution in [0.25, 0.3) is 0 Å². The van der Waals surface area contributed by atoms with Crippen LogP contribution in [0.15, 0.2) is 9.59 Å². The summed E-state index contributed by atoms with van der Waals surface area (Å²) in [6.07, 6.45) is 38.5. The van der Waals surface area contributed by atoms with E-state index >= 15 is 0 Å². The quantitative estimate of drug-likeness (QED) is 0.0377. The monoisotopic (exact) mass is 832 g/mol. The lowest BCUT2D eigenvalue weighted by Gasteiger charge is -2.22. The molecule has 0 saturated heterocycles. The molecule has 1 aromatic carbocycles. The van der Waals surface area contributed by atoms with Gasteiger partial charge in [-0.25, -0.2) is 0 Å². The summed E-state index contributed by atoms with van der Waals surface area (Å²) in [6.45, 7) is 11.1. The fraction of sp³-hybridized carbons (Fsp3) is 0.880. The number of esters is 2. The highest BCUT2D eigenvalue weighted by Gasteiger charge is 2.19. The number of carbonyl (C=O) groups excluding carboxylic acids is 2. The van der Waals surface area contributed by atoms with Crippen molar-refractivity contribution < 1.29 is 19.1 Å². The molecule has 2 N–H and O–H groups in total. The fourth-order valence-corrected chi connectivity index (χ4v) is 8.03. The van der Waals surface area contributed by atoms with Crippen LogP contribution < -0.4 is 21.5 Å². The first kappa shape index (κ1) is 54.6. The molecule has 0 aliphatic carbocycles. The average Bonchev–Trinajstić information content (AvgIpc) is 3.23. The lowest BCUT2D eigenvalue weighted by Crippen LogP contribution is -2.37. The van der Waals surface area contributed by atoms with Gasteiger partial charge in [-0.15, -0.1) is 0 Å². The summed E-state index contributed by atoms with van der Waals surface area (Å²) in [7, 11) is 1.67. The second-order valence-corrected chi connectivity index (χ2v) is 17.4. The number of hydrogen-bond acceptors (Lipinski definition) is 9. The molecule has 0 radical (unpaired) electrons. The minimum absolute atomic E-state index is 0.00260. The van der Waals surface area contributed by atoms with Crippen molar-refractivity contribution in [2.24, 2.45) is 0 Å². The van der Waals surface area contributed by atoms with Gasteiger partial charge < -0.3 is 25.0 Å². The minimum atomic E-state index is -0.434. The summed E-state index contributed by atoms with van der Waals surface area (Å²) in [6, 6.07) is 0. The highest BCUT2D eigenvalue weighted by molar-refractivity contribution is 5.73. The number of rotatable bonds is 45. The first-order valence-electron chi connectivity index (χ1n) is 25.2. The van der Waals surface area contributed by atoms with Gasteiger partial charge in [-0.3, -0.25) is 19.2 Å². The first-order valence-corrected chi connectivity index (χ1v) is 25.2. The highest BCUT2D eigenvalue weighted by atomic mass is 16.5. The molecule has 1 aromatic rings. The molecule has 0 aromatic heterocycles. The van der Waals surface area contributed by atoms with Crippen LogP contribution in [0.5, 0.6) is 0 Å². The van der Waals surface area contributed by atoms with Gasteiger partial charge in [0.1, 0.15) is 17.5 Å². The van der Waals surface area contributed by atoms with E-state index in [9.17, 15) is 19.2 Å². The van der Waals surface area contributed by atoms with Crippen molar-refractivity contribution in [1.82, 2.24) is 4.90 Å². The molecule has 9 nitrogen and oxygen atoms in total. The summed E-state index contributed by atoms with van der Waals surface area (Å²) >= 11 is 0. The van der Waals surface area contributed by atoms with Crippen LogP contribution in [0.3, 0.4) is 0 Å². The molecule has 0 amide bonds. The van der Waals surface area contributed by atoms with Crippen molar-refractivity contribution in [2.75, 3.05) is 50.5 Å². The van der Waals surface area contributed by atoms with Crippen LogP contribution >= 0.6 is 0 Å². The Balaban J connectivity index is 2.37. The number of anilines is 2. The zero-order valence-corrected chi connectivity index (χ0v) is 39.1. The van der Waals surface area contributed by atoms with Gasteiger partial charge in [0.2, 0.25) is 0 Å². The number of carbonyl (C=O) groups is 2. The Bertz CT molecular complexity index is 1180. The minimum Gasteiger partial charge on any atom is -0.466 e. The number of unbranched alkanes of at least 4 members (excludes halogenated alkanes) is 24. The summed E-state index contributed by atoms with van der Waals surface area (Å²) < 4.78 is 11.5. The van der Waals surface area contributed by atoms with Crippen LogP contribution in [0, 0.1) is 0 Å². The first-order chi connectivity index (χ1) is 28.9. The molecule has 0 unspecified atom stereocenters. The number of nitrogens with zero attached hydrogens (tertiary/aromatic N) is 1. The summed E-state index contributed by atoms with van der Waals surface area (Å²) in [5, 5.41) is 5.99. The Morgan fingerprint density at radius 3 is 1.41 bits per heavy atom. The molecular weight excluding hydrogens is 739 g/mol. The number of ether oxygens (including phenoxy) is 2. The van der Waals surface area contributed by atoms with E-state index in [4.69, 9.17) is 9.47 Å². The van der Waals surface area contributed by atoms with Crippen molar-refractivity contribution in [3.8, 4) is 0 Å². The third-order valence-corrected chi connectivity index (χ3v) is 11.9. The molecule has 0 bridgehead atoms. The van der Waals surface area contributed by atoms with E-state index < -0.39 is 10.9 Å². The molecule has 0 heterocycles. The van der Waals surface area contributed by atoms with Gasteiger partial charge in [-0.1, -0.05) is 156 Å². The Kier molecular flexibility index (Phi) is 36.7. The molecule has 0 aliphatic heterocycles. The fourth-order valence-electron chi connectivity index (χ4n) is 8.03. The Morgan fingerprint density at radius 2 is 0.898 bits per heavy atom. The number of nitrogens with one attached hydrogen (secondary N) is 2. The van der Waals surface area contributed by atoms with Crippen molar-refractivity contribution >= 4 is 23.3 Å². The maximum absolute atomic E-state index is 12.9. The van der Waals surface area contributed by atoms with E-state index in [0.29, 0.717) is 37.4 Å². The van der Waals surface area contributed by atoms with Gasteiger partial charge in [-0.05, 0) is 90.3 Å². The Morgan fingerprint density at radius 1 is 0.492 bits per heavy atom. The third kappa shape index (κ3) is 30.3. The van der Waals surface area contributed by atoms with Crippen molar-refractivity contribution in [1.29, 1.82) is 0 Å². The standard InChI is InChI=1S/C50H93N3O6/c1-5-8-11-14-19-26-35-44(36-27-20-15-12-9-6-2)59-46(55)38-29-22-18-24-32-41-53(42-33-30-39-52-48-47(51-4)49(56)50(48)57)40-31-23-17-21-28-37-45(54)58-43-34-25-16-13-10-7-3/h44,51-52H,5-43H2,1-4H3. The molecule has 0 fully saturated rings. The molecule has 59 heavy (non-hydrogen) atoms. The lowest BCUT2D eigenvalue weighted by molar-refractivity contribution is -0.150. The van der Waals surface area contributed by atoms with Crippen LogP contribution in [-0.2, 0) is 19.1 Å². The molecule has 0 spiro atoms. The summed E-state index contributed by atoms with van der Waals surface area (Å²) in [5.74, 6) is -0.0417. The van der Waals surface area contributed by atoms with Gasteiger partial charge in [0.05, 0.1) is 6.61 Å². The van der Waals surface area contributed by atoms with Crippen LogP contribution in [0.1, 0.15) is 239 Å². The van der Waals surface area contributed by atoms with E-state index in [0.717, 1.165) is 122 Å². The Labute approximate surface area is 362 Å². The smallest absolute Gasteiger partial charge is 0.306 e. The number of hydrogen-bond donors (Lipinski definition) is 2. The van der Waals surface area contributed by atoms with Crippen LogP contribution in [-0.4, -0.2) is 62.8 Å². The van der Waals surface area contributed by atoms with E-state index in [1.165, 1.54) is 103 Å². The topological polar surface area (TPSA) is 114 Å². The second-order valence-electron chi connectivity index (χ2n) is 17.4. The van der Waals surface area contributed by atoms with E-state index in [2.05, 4.69) is 36.3 Å². The average molecular weight is 832 g/mol. The maximum atomic E-state index is 12.9. The van der Waals surface area contributed by atoms with E-state index in [1.807, 2.05) is 0 Å². The molecule has 344 valence electrons. The maximum Gasteiger partial charge on any atom is 0.306 e. The molecular formula is C50H93N3O6. The third-order valence-electron chi connectivity index (χ3n) is 11.9. The van der Waals surface area contributed by atoms with Gasteiger partial charge in [-0.2, -0.15) is 0 Å². The Hall–Kier alpha value is -2.42. The van der Waals surface area contributed by atoms with Crippen molar-refractivity contribution in [3.63, 3.8) is 0 Å². The van der Waals surface area contributed by atoms with Gasteiger partial charge >= 0.3 is 11.9 Å². The lowest BCUT2D eigenvalue weighted by atomic mass is 10.0. The zero-order chi connectivity index (χ0) is 43.0.